The van der Waals surface area contributed by atoms with Crippen LogP contribution in [0.3, 0.4) is 0 Å². The summed E-state index contributed by atoms with van der Waals surface area (Å²) in [5, 5.41) is 1.12. The minimum Gasteiger partial charge on any atom is -0.465 e. The van der Waals surface area contributed by atoms with Crippen LogP contribution in [0.15, 0.2) is 41.3 Å². The van der Waals surface area contributed by atoms with Crippen molar-refractivity contribution in [3.63, 3.8) is 0 Å². The molecule has 24 heavy (non-hydrogen) atoms. The van der Waals surface area contributed by atoms with Crippen molar-refractivity contribution in [1.82, 2.24) is 9.55 Å². The molecule has 0 fully saturated rings. The molecule has 3 aromatic rings. The van der Waals surface area contributed by atoms with Gasteiger partial charge in [0.15, 0.2) is 0 Å². The number of nitrogens with zero attached hydrogens (tertiary/aromatic N) is 2. The molecule has 0 amide bonds. The number of benzene rings is 1. The van der Waals surface area contributed by atoms with Crippen LogP contribution in [0.2, 0.25) is 5.15 Å². The van der Waals surface area contributed by atoms with Crippen molar-refractivity contribution in [3.05, 3.63) is 63.2 Å². The maximum absolute atomic E-state index is 12.8. The number of rotatable bonds is 2. The third-order valence-corrected chi connectivity index (χ3v) is 4.23. The fourth-order valence-electron chi connectivity index (χ4n) is 2.69. The zero-order chi connectivity index (χ0) is 17.4. The van der Waals surface area contributed by atoms with E-state index in [4.69, 9.17) is 16.3 Å². The Kier molecular flexibility index (Phi) is 4.11. The summed E-state index contributed by atoms with van der Waals surface area (Å²) in [6.07, 6.45) is 1.63. The first-order valence-corrected chi connectivity index (χ1v) is 7.65. The molecule has 0 aliphatic heterocycles. The van der Waals surface area contributed by atoms with E-state index in [2.05, 4.69) is 4.98 Å². The molecule has 6 heteroatoms. The smallest absolute Gasteiger partial charge is 0.337 e. The van der Waals surface area contributed by atoms with Gasteiger partial charge in [0.2, 0.25) is 0 Å². The molecular formula is C18H15ClN2O3. The molecule has 122 valence electrons. The standard InChI is InChI=1S/C18H15ClN2O3/c1-10-4-5-11(18(23)24-3)6-13(10)14-7-12-9-20-16(19)8-15(12)21(2)17(14)22/h4-9H,1-3H3. The summed E-state index contributed by atoms with van der Waals surface area (Å²) in [5.41, 5.74) is 3.00. The number of pyridine rings is 2. The fourth-order valence-corrected chi connectivity index (χ4v) is 2.84. The molecule has 1 aromatic carbocycles. The van der Waals surface area contributed by atoms with Crippen molar-refractivity contribution in [1.29, 1.82) is 0 Å². The van der Waals surface area contributed by atoms with Gasteiger partial charge in [0.1, 0.15) is 5.15 Å². The van der Waals surface area contributed by atoms with Gasteiger partial charge in [0.05, 0.1) is 18.2 Å². The lowest BCUT2D eigenvalue weighted by Crippen LogP contribution is -2.19. The number of methoxy groups -OCH3 is 1. The molecule has 0 saturated heterocycles. The zero-order valence-electron chi connectivity index (χ0n) is 13.5. The highest BCUT2D eigenvalue weighted by atomic mass is 35.5. The fraction of sp³-hybridized carbons (Fsp3) is 0.167. The first kappa shape index (κ1) is 16.2. The summed E-state index contributed by atoms with van der Waals surface area (Å²) in [5.74, 6) is -0.442. The number of aryl methyl sites for hydroxylation is 2. The number of aromatic nitrogens is 2. The van der Waals surface area contributed by atoms with Crippen LogP contribution in [0.4, 0.5) is 0 Å². The Morgan fingerprint density at radius 2 is 1.96 bits per heavy atom. The van der Waals surface area contributed by atoms with E-state index in [1.807, 2.05) is 6.92 Å². The van der Waals surface area contributed by atoms with E-state index in [0.29, 0.717) is 27.4 Å². The second-order valence-electron chi connectivity index (χ2n) is 5.51. The van der Waals surface area contributed by atoms with Gasteiger partial charge in [0.25, 0.3) is 5.56 Å². The molecule has 0 unspecified atom stereocenters. The third kappa shape index (κ3) is 2.67. The van der Waals surface area contributed by atoms with Crippen molar-refractivity contribution < 1.29 is 9.53 Å². The third-order valence-electron chi connectivity index (χ3n) is 4.02. The van der Waals surface area contributed by atoms with Gasteiger partial charge < -0.3 is 9.30 Å². The highest BCUT2D eigenvalue weighted by Crippen LogP contribution is 2.25. The predicted octanol–water partition coefficient (Wildman–Crippen LogP) is 3.35. The van der Waals surface area contributed by atoms with Crippen LogP contribution < -0.4 is 5.56 Å². The lowest BCUT2D eigenvalue weighted by atomic mass is 9.98. The lowest BCUT2D eigenvalue weighted by molar-refractivity contribution is 0.0601. The van der Waals surface area contributed by atoms with Crippen molar-refractivity contribution in [3.8, 4) is 11.1 Å². The molecule has 2 heterocycles. The summed E-state index contributed by atoms with van der Waals surface area (Å²) >= 11 is 5.92. The topological polar surface area (TPSA) is 61.2 Å². The van der Waals surface area contributed by atoms with E-state index in [9.17, 15) is 9.59 Å². The van der Waals surface area contributed by atoms with E-state index in [0.717, 1.165) is 10.9 Å². The number of esters is 1. The maximum Gasteiger partial charge on any atom is 0.337 e. The minimum absolute atomic E-state index is 0.171. The highest BCUT2D eigenvalue weighted by molar-refractivity contribution is 6.30. The zero-order valence-corrected chi connectivity index (χ0v) is 14.2. The Bertz CT molecular complexity index is 1020. The van der Waals surface area contributed by atoms with Crippen LogP contribution in [0.25, 0.3) is 22.0 Å². The predicted molar refractivity (Wildman–Crippen MR) is 93.5 cm³/mol. The van der Waals surface area contributed by atoms with Gasteiger partial charge in [0, 0.05) is 24.2 Å². The number of ether oxygens (including phenoxy) is 1. The maximum atomic E-state index is 12.8. The van der Waals surface area contributed by atoms with E-state index >= 15 is 0 Å². The minimum atomic E-state index is -0.442. The second kappa shape index (κ2) is 6.09. The van der Waals surface area contributed by atoms with Gasteiger partial charge in [-0.2, -0.15) is 0 Å². The Labute approximate surface area is 143 Å². The summed E-state index contributed by atoms with van der Waals surface area (Å²) in [7, 11) is 3.01. The molecule has 2 aromatic heterocycles. The Balaban J connectivity index is 2.31. The summed E-state index contributed by atoms with van der Waals surface area (Å²) in [6, 6.07) is 8.57. The Morgan fingerprint density at radius 1 is 1.21 bits per heavy atom. The van der Waals surface area contributed by atoms with Crippen molar-refractivity contribution in [2.75, 3.05) is 7.11 Å². The SMILES string of the molecule is COC(=O)c1ccc(C)c(-c2cc3cnc(Cl)cc3n(C)c2=O)c1. The number of hydrogen-bond acceptors (Lipinski definition) is 4. The molecule has 0 aliphatic rings. The van der Waals surface area contributed by atoms with E-state index in [1.165, 1.54) is 11.7 Å². The monoisotopic (exact) mass is 342 g/mol. The van der Waals surface area contributed by atoms with Crippen LogP contribution in [0.5, 0.6) is 0 Å². The van der Waals surface area contributed by atoms with Crippen LogP contribution >= 0.6 is 11.6 Å². The number of halogens is 1. The highest BCUT2D eigenvalue weighted by Gasteiger charge is 2.14. The largest absolute Gasteiger partial charge is 0.465 e. The van der Waals surface area contributed by atoms with Gasteiger partial charge in [-0.05, 0) is 42.3 Å². The first-order valence-electron chi connectivity index (χ1n) is 7.27. The molecule has 0 N–H and O–H groups in total. The van der Waals surface area contributed by atoms with Crippen LogP contribution in [-0.4, -0.2) is 22.6 Å². The Morgan fingerprint density at radius 3 is 2.67 bits per heavy atom. The average molecular weight is 343 g/mol. The van der Waals surface area contributed by atoms with E-state index < -0.39 is 5.97 Å². The second-order valence-corrected chi connectivity index (χ2v) is 5.90. The molecule has 0 aliphatic carbocycles. The molecule has 5 nitrogen and oxygen atoms in total. The van der Waals surface area contributed by atoms with Crippen LogP contribution in [0, 0.1) is 6.92 Å². The number of carbonyl (C=O) groups excluding carboxylic acids is 1. The summed E-state index contributed by atoms with van der Waals surface area (Å²) in [4.78, 5) is 28.6. The molecule has 0 saturated carbocycles. The van der Waals surface area contributed by atoms with Crippen molar-refractivity contribution >= 4 is 28.5 Å². The first-order chi connectivity index (χ1) is 11.4. The van der Waals surface area contributed by atoms with Crippen LogP contribution in [0.1, 0.15) is 15.9 Å². The van der Waals surface area contributed by atoms with Gasteiger partial charge in [-0.25, -0.2) is 9.78 Å². The van der Waals surface area contributed by atoms with Crippen molar-refractivity contribution in [2.24, 2.45) is 7.05 Å². The molecule has 3 rings (SSSR count). The van der Waals surface area contributed by atoms with Gasteiger partial charge >= 0.3 is 5.97 Å². The number of carbonyl (C=O) groups is 1. The van der Waals surface area contributed by atoms with Gasteiger partial charge in [-0.3, -0.25) is 4.79 Å². The van der Waals surface area contributed by atoms with Crippen molar-refractivity contribution in [2.45, 2.75) is 6.92 Å². The normalized spacial score (nSPS) is 10.8. The van der Waals surface area contributed by atoms with Crippen LogP contribution in [-0.2, 0) is 11.8 Å². The molecule has 0 spiro atoms. The summed E-state index contributed by atoms with van der Waals surface area (Å²) < 4.78 is 6.29. The molecule has 0 atom stereocenters. The Hall–Kier alpha value is -2.66. The molecule has 0 radical (unpaired) electrons. The average Bonchev–Trinajstić information content (AvgIpc) is 2.58. The number of hydrogen-bond donors (Lipinski definition) is 0. The van der Waals surface area contributed by atoms with Gasteiger partial charge in [-0.1, -0.05) is 17.7 Å². The molecular weight excluding hydrogens is 328 g/mol. The summed E-state index contributed by atoms with van der Waals surface area (Å²) in [6.45, 7) is 1.89. The van der Waals surface area contributed by atoms with E-state index in [-0.39, 0.29) is 5.56 Å². The number of fused-ring (bicyclic) bond motifs is 1. The quantitative estimate of drug-likeness (QED) is 0.529. The van der Waals surface area contributed by atoms with E-state index in [1.54, 1.807) is 43.6 Å². The van der Waals surface area contributed by atoms with Gasteiger partial charge in [-0.15, -0.1) is 0 Å². The molecule has 0 bridgehead atoms. The lowest BCUT2D eigenvalue weighted by Gasteiger charge is -2.12.